The molecule has 3 nitrogen and oxygen atoms in total. The van der Waals surface area contributed by atoms with Gasteiger partial charge in [0.25, 0.3) is 0 Å². The molecule has 0 radical (unpaired) electrons. The summed E-state index contributed by atoms with van der Waals surface area (Å²) in [6.07, 6.45) is 2.66. The van der Waals surface area contributed by atoms with E-state index in [0.717, 1.165) is 12.8 Å². The molecule has 2 rings (SSSR count). The Labute approximate surface area is 124 Å². The third kappa shape index (κ3) is 3.76. The van der Waals surface area contributed by atoms with E-state index < -0.39 is 17.6 Å². The number of rotatable bonds is 4. The third-order valence-corrected chi connectivity index (χ3v) is 4.21. The average Bonchev–Trinajstić information content (AvgIpc) is 2.38. The second-order valence-electron chi connectivity index (χ2n) is 5.12. The van der Waals surface area contributed by atoms with Gasteiger partial charge in [-0.05, 0) is 37.8 Å². The smallest absolute Gasteiger partial charge is 0.306 e. The molecule has 0 saturated heterocycles. The Morgan fingerprint density at radius 3 is 2.30 bits per heavy atom. The number of benzene rings is 1. The lowest BCUT2D eigenvalue weighted by Crippen LogP contribution is -2.34. The Morgan fingerprint density at radius 2 is 1.80 bits per heavy atom. The zero-order valence-corrected chi connectivity index (χ0v) is 12.4. The maximum Gasteiger partial charge on any atom is 0.306 e. The van der Waals surface area contributed by atoms with Crippen molar-refractivity contribution in [2.24, 2.45) is 5.92 Å². The predicted molar refractivity (Wildman–Crippen MR) is 74.3 cm³/mol. The highest BCUT2D eigenvalue weighted by Gasteiger charge is 2.25. The first-order valence-electron chi connectivity index (χ1n) is 6.57. The van der Waals surface area contributed by atoms with Crippen molar-refractivity contribution < 1.29 is 18.7 Å². The first kappa shape index (κ1) is 15.4. The molecule has 1 aromatic carbocycles. The van der Waals surface area contributed by atoms with Crippen LogP contribution in [-0.2, 0) is 11.3 Å². The van der Waals surface area contributed by atoms with Crippen LogP contribution in [0.3, 0.4) is 0 Å². The van der Waals surface area contributed by atoms with Gasteiger partial charge in [0.1, 0.15) is 11.6 Å². The van der Waals surface area contributed by atoms with Crippen LogP contribution >= 0.6 is 15.9 Å². The van der Waals surface area contributed by atoms with Crippen LogP contribution in [0.25, 0.3) is 0 Å². The van der Waals surface area contributed by atoms with Crippen LogP contribution in [0.5, 0.6) is 0 Å². The summed E-state index contributed by atoms with van der Waals surface area (Å²) >= 11 is 3.04. The van der Waals surface area contributed by atoms with Gasteiger partial charge in [0.15, 0.2) is 0 Å². The van der Waals surface area contributed by atoms with Crippen LogP contribution in [0.1, 0.15) is 31.2 Å². The minimum absolute atomic E-state index is 0.0218. The molecule has 2 N–H and O–H groups in total. The van der Waals surface area contributed by atoms with E-state index in [4.69, 9.17) is 5.11 Å². The summed E-state index contributed by atoms with van der Waals surface area (Å²) in [4.78, 5) is 10.8. The van der Waals surface area contributed by atoms with Gasteiger partial charge >= 0.3 is 5.97 Å². The van der Waals surface area contributed by atoms with Crippen molar-refractivity contribution in [1.82, 2.24) is 5.32 Å². The molecule has 0 aliphatic heterocycles. The normalized spacial score (nSPS) is 22.8. The summed E-state index contributed by atoms with van der Waals surface area (Å²) < 4.78 is 27.7. The minimum Gasteiger partial charge on any atom is -0.481 e. The molecule has 20 heavy (non-hydrogen) atoms. The minimum atomic E-state index is -0.756. The monoisotopic (exact) mass is 347 g/mol. The lowest BCUT2D eigenvalue weighted by atomic mass is 9.86. The molecule has 1 fully saturated rings. The predicted octanol–water partition coefficient (Wildman–Crippen LogP) is 3.46. The van der Waals surface area contributed by atoms with Crippen LogP contribution in [0.4, 0.5) is 8.78 Å². The zero-order chi connectivity index (χ0) is 14.7. The fourth-order valence-corrected chi connectivity index (χ4v) is 2.93. The van der Waals surface area contributed by atoms with Gasteiger partial charge in [-0.25, -0.2) is 8.78 Å². The molecule has 0 spiro atoms. The van der Waals surface area contributed by atoms with Crippen molar-refractivity contribution in [3.8, 4) is 0 Å². The lowest BCUT2D eigenvalue weighted by Gasteiger charge is -2.27. The van der Waals surface area contributed by atoms with Gasteiger partial charge in [0, 0.05) is 22.6 Å². The summed E-state index contributed by atoms with van der Waals surface area (Å²) in [5.41, 5.74) is 0.0218. The first-order chi connectivity index (χ1) is 9.47. The molecule has 0 bridgehead atoms. The van der Waals surface area contributed by atoms with Crippen molar-refractivity contribution in [3.05, 3.63) is 33.8 Å². The number of aliphatic carboxylic acids is 1. The van der Waals surface area contributed by atoms with E-state index in [1.165, 1.54) is 12.1 Å². The van der Waals surface area contributed by atoms with Crippen LogP contribution in [0.15, 0.2) is 16.6 Å². The summed E-state index contributed by atoms with van der Waals surface area (Å²) in [5, 5.41) is 12.0. The average molecular weight is 348 g/mol. The molecular weight excluding hydrogens is 332 g/mol. The molecular formula is C14H16BrF2NO2. The largest absolute Gasteiger partial charge is 0.481 e. The van der Waals surface area contributed by atoms with Crippen molar-refractivity contribution in [3.63, 3.8) is 0 Å². The number of hydrogen-bond donors (Lipinski definition) is 2. The summed E-state index contributed by atoms with van der Waals surface area (Å²) in [5.74, 6) is -2.20. The van der Waals surface area contributed by atoms with Crippen molar-refractivity contribution in [2.45, 2.75) is 38.3 Å². The highest BCUT2D eigenvalue weighted by atomic mass is 79.9. The number of hydrogen-bond acceptors (Lipinski definition) is 2. The van der Waals surface area contributed by atoms with E-state index in [9.17, 15) is 13.6 Å². The summed E-state index contributed by atoms with van der Waals surface area (Å²) in [6.45, 7) is 0.118. The molecule has 0 unspecified atom stereocenters. The van der Waals surface area contributed by atoms with E-state index in [-0.39, 0.29) is 24.1 Å². The maximum absolute atomic E-state index is 13.6. The summed E-state index contributed by atoms with van der Waals surface area (Å²) in [7, 11) is 0. The molecule has 0 aromatic heterocycles. The molecule has 0 atom stereocenters. The fraction of sp³-hybridized carbons (Fsp3) is 0.500. The highest BCUT2D eigenvalue weighted by Crippen LogP contribution is 2.25. The van der Waals surface area contributed by atoms with Gasteiger partial charge in [0.05, 0.1) is 5.92 Å². The van der Waals surface area contributed by atoms with Gasteiger partial charge in [-0.15, -0.1) is 0 Å². The van der Waals surface area contributed by atoms with E-state index in [0.29, 0.717) is 17.3 Å². The number of halogens is 3. The number of nitrogens with one attached hydrogen (secondary N) is 1. The van der Waals surface area contributed by atoms with Crippen LogP contribution in [0.2, 0.25) is 0 Å². The van der Waals surface area contributed by atoms with Crippen LogP contribution < -0.4 is 5.32 Å². The van der Waals surface area contributed by atoms with Gasteiger partial charge in [-0.3, -0.25) is 4.79 Å². The molecule has 110 valence electrons. The molecule has 1 aliphatic carbocycles. The van der Waals surface area contributed by atoms with Gasteiger partial charge < -0.3 is 10.4 Å². The first-order valence-corrected chi connectivity index (χ1v) is 7.36. The number of carbonyl (C=O) groups is 1. The van der Waals surface area contributed by atoms with E-state index in [1.807, 2.05) is 0 Å². The van der Waals surface area contributed by atoms with Gasteiger partial charge in [-0.1, -0.05) is 15.9 Å². The van der Waals surface area contributed by atoms with Crippen molar-refractivity contribution >= 4 is 21.9 Å². The Bertz CT molecular complexity index is 479. The number of carboxylic acids is 1. The van der Waals surface area contributed by atoms with Gasteiger partial charge in [-0.2, -0.15) is 0 Å². The van der Waals surface area contributed by atoms with Crippen LogP contribution in [-0.4, -0.2) is 17.1 Å². The SMILES string of the molecule is O=C(O)C1CCC(NCc2c(F)cc(Br)cc2F)CC1. The quantitative estimate of drug-likeness (QED) is 0.876. The Kier molecular flexibility index (Phi) is 5.10. The second kappa shape index (κ2) is 6.63. The summed E-state index contributed by atoms with van der Waals surface area (Å²) in [6, 6.07) is 2.59. The Hall–Kier alpha value is -1.01. The topological polar surface area (TPSA) is 49.3 Å². The van der Waals surface area contributed by atoms with E-state index >= 15 is 0 Å². The van der Waals surface area contributed by atoms with E-state index in [2.05, 4.69) is 21.2 Å². The lowest BCUT2D eigenvalue weighted by molar-refractivity contribution is -0.142. The van der Waals surface area contributed by atoms with Crippen LogP contribution in [0, 0.1) is 17.6 Å². The molecule has 1 aliphatic rings. The molecule has 0 heterocycles. The number of carboxylic acid groups (broad SMARTS) is 1. The molecule has 6 heteroatoms. The zero-order valence-electron chi connectivity index (χ0n) is 10.8. The van der Waals surface area contributed by atoms with Crippen molar-refractivity contribution in [1.29, 1.82) is 0 Å². The Morgan fingerprint density at radius 1 is 1.25 bits per heavy atom. The third-order valence-electron chi connectivity index (χ3n) is 3.75. The molecule has 0 amide bonds. The van der Waals surface area contributed by atoms with E-state index in [1.54, 1.807) is 0 Å². The van der Waals surface area contributed by atoms with Crippen molar-refractivity contribution in [2.75, 3.05) is 0 Å². The molecule has 1 aromatic rings. The highest BCUT2D eigenvalue weighted by molar-refractivity contribution is 9.10. The Balaban J connectivity index is 1.89. The fourth-order valence-electron chi connectivity index (χ4n) is 2.53. The maximum atomic E-state index is 13.6. The second-order valence-corrected chi connectivity index (χ2v) is 6.03. The molecule has 1 saturated carbocycles. The van der Waals surface area contributed by atoms with Gasteiger partial charge in [0.2, 0.25) is 0 Å². The standard InChI is InChI=1S/C14H16BrF2NO2/c15-9-5-12(16)11(13(17)6-9)7-18-10-3-1-8(2-4-10)14(19)20/h5-6,8,10,18H,1-4,7H2,(H,19,20).